The fourth-order valence-corrected chi connectivity index (χ4v) is 3.18. The van der Waals surface area contributed by atoms with Crippen LogP contribution in [0.2, 0.25) is 0 Å². The summed E-state index contributed by atoms with van der Waals surface area (Å²) in [7, 11) is 0. The van der Waals surface area contributed by atoms with Crippen molar-refractivity contribution in [2.45, 2.75) is 63.0 Å². The van der Waals surface area contributed by atoms with E-state index < -0.39 is 11.1 Å². The summed E-state index contributed by atoms with van der Waals surface area (Å²) in [5.41, 5.74) is 5.21. The molecule has 3 heteroatoms. The second-order valence-corrected chi connectivity index (χ2v) is 5.88. The first kappa shape index (κ1) is 12.3. The van der Waals surface area contributed by atoms with E-state index in [0.717, 1.165) is 51.0 Å². The first-order chi connectivity index (χ1) is 7.56. The molecule has 1 aliphatic carbocycles. The molecular formula is C13H25NO2. The summed E-state index contributed by atoms with van der Waals surface area (Å²) in [5, 5.41) is 10.8. The Balaban J connectivity index is 2.09. The molecule has 3 atom stereocenters. The van der Waals surface area contributed by atoms with Crippen LogP contribution in [0.5, 0.6) is 0 Å². The number of ether oxygens (including phenoxy) is 1. The van der Waals surface area contributed by atoms with Gasteiger partial charge in [-0.25, -0.2) is 0 Å². The number of hydrogen-bond donors (Lipinski definition) is 2. The van der Waals surface area contributed by atoms with Crippen LogP contribution in [-0.2, 0) is 4.74 Å². The second-order valence-electron chi connectivity index (χ2n) is 5.88. The molecule has 1 saturated carbocycles. The zero-order chi connectivity index (χ0) is 11.6. The SMILES string of the molecule is CC1CCCC(O)(C2(N)CCCOC2)CC1. The molecule has 3 nitrogen and oxygen atoms in total. The highest BCUT2D eigenvalue weighted by Crippen LogP contribution is 2.39. The van der Waals surface area contributed by atoms with Crippen LogP contribution in [0.25, 0.3) is 0 Å². The predicted molar refractivity (Wildman–Crippen MR) is 64.2 cm³/mol. The summed E-state index contributed by atoms with van der Waals surface area (Å²) in [6.45, 7) is 3.59. The smallest absolute Gasteiger partial charge is 0.0849 e. The number of aliphatic hydroxyl groups is 1. The van der Waals surface area contributed by atoms with Gasteiger partial charge in [-0.1, -0.05) is 19.8 Å². The van der Waals surface area contributed by atoms with Crippen LogP contribution in [0.1, 0.15) is 51.9 Å². The summed E-state index contributed by atoms with van der Waals surface area (Å²) in [6.07, 6.45) is 6.97. The minimum absolute atomic E-state index is 0.505. The zero-order valence-corrected chi connectivity index (χ0v) is 10.4. The fourth-order valence-electron chi connectivity index (χ4n) is 3.18. The average Bonchev–Trinajstić information content (AvgIpc) is 2.43. The maximum Gasteiger partial charge on any atom is 0.0849 e. The van der Waals surface area contributed by atoms with Gasteiger partial charge >= 0.3 is 0 Å². The minimum atomic E-state index is -0.696. The van der Waals surface area contributed by atoms with Crippen LogP contribution in [0.3, 0.4) is 0 Å². The Bertz CT molecular complexity index is 238. The van der Waals surface area contributed by atoms with Crippen molar-refractivity contribution in [1.82, 2.24) is 0 Å². The van der Waals surface area contributed by atoms with Crippen molar-refractivity contribution in [2.75, 3.05) is 13.2 Å². The Morgan fingerprint density at radius 1 is 1.19 bits per heavy atom. The molecule has 0 spiro atoms. The molecule has 1 heterocycles. The topological polar surface area (TPSA) is 55.5 Å². The van der Waals surface area contributed by atoms with Crippen LogP contribution >= 0.6 is 0 Å². The predicted octanol–water partition coefficient (Wildman–Crippen LogP) is 1.83. The van der Waals surface area contributed by atoms with Gasteiger partial charge in [-0.2, -0.15) is 0 Å². The van der Waals surface area contributed by atoms with E-state index in [1.54, 1.807) is 0 Å². The maximum atomic E-state index is 10.8. The molecule has 2 aliphatic rings. The van der Waals surface area contributed by atoms with Gasteiger partial charge in [0, 0.05) is 6.61 Å². The van der Waals surface area contributed by atoms with E-state index in [4.69, 9.17) is 10.5 Å². The van der Waals surface area contributed by atoms with E-state index in [2.05, 4.69) is 6.92 Å². The van der Waals surface area contributed by atoms with Gasteiger partial charge in [0.1, 0.15) is 0 Å². The molecule has 3 N–H and O–H groups in total. The normalized spacial score (nSPS) is 46.3. The Labute approximate surface area is 98.4 Å². The van der Waals surface area contributed by atoms with Gasteiger partial charge in [0.2, 0.25) is 0 Å². The molecule has 3 unspecified atom stereocenters. The van der Waals surface area contributed by atoms with Crippen LogP contribution in [0.15, 0.2) is 0 Å². The quantitative estimate of drug-likeness (QED) is 0.672. The van der Waals surface area contributed by atoms with Crippen LogP contribution in [0, 0.1) is 5.92 Å². The first-order valence-corrected chi connectivity index (χ1v) is 6.65. The highest BCUT2D eigenvalue weighted by molar-refractivity contribution is 5.05. The van der Waals surface area contributed by atoms with Crippen LogP contribution in [0.4, 0.5) is 0 Å². The Morgan fingerprint density at radius 3 is 2.69 bits per heavy atom. The molecule has 1 saturated heterocycles. The second kappa shape index (κ2) is 4.63. The third-order valence-electron chi connectivity index (χ3n) is 4.54. The Hall–Kier alpha value is -0.120. The lowest BCUT2D eigenvalue weighted by atomic mass is 9.72. The standard InChI is InChI=1S/C13H25NO2/c1-11-4-2-7-13(15,8-5-11)12(14)6-3-9-16-10-12/h11,15H,2-10,14H2,1H3. The van der Waals surface area contributed by atoms with Crippen molar-refractivity contribution >= 4 is 0 Å². The highest BCUT2D eigenvalue weighted by atomic mass is 16.5. The largest absolute Gasteiger partial charge is 0.388 e. The molecule has 2 fully saturated rings. The highest BCUT2D eigenvalue weighted by Gasteiger charge is 2.48. The van der Waals surface area contributed by atoms with Crippen molar-refractivity contribution in [3.63, 3.8) is 0 Å². The molecule has 2 rings (SSSR count). The van der Waals surface area contributed by atoms with Gasteiger partial charge in [-0.05, 0) is 38.0 Å². The van der Waals surface area contributed by atoms with Crippen molar-refractivity contribution in [3.8, 4) is 0 Å². The summed E-state index contributed by atoms with van der Waals surface area (Å²) >= 11 is 0. The number of hydrogen-bond acceptors (Lipinski definition) is 3. The molecule has 0 bridgehead atoms. The number of nitrogens with two attached hydrogens (primary N) is 1. The van der Waals surface area contributed by atoms with Gasteiger partial charge in [0.15, 0.2) is 0 Å². The third kappa shape index (κ3) is 2.27. The number of rotatable bonds is 1. The summed E-state index contributed by atoms with van der Waals surface area (Å²) in [6, 6.07) is 0. The average molecular weight is 227 g/mol. The zero-order valence-electron chi connectivity index (χ0n) is 10.4. The monoisotopic (exact) mass is 227 g/mol. The van der Waals surface area contributed by atoms with Crippen molar-refractivity contribution < 1.29 is 9.84 Å². The van der Waals surface area contributed by atoms with E-state index in [0.29, 0.717) is 6.61 Å². The lowest BCUT2D eigenvalue weighted by Gasteiger charge is -2.46. The molecule has 0 amide bonds. The molecular weight excluding hydrogens is 202 g/mol. The summed E-state index contributed by atoms with van der Waals surface area (Å²) < 4.78 is 5.49. The lowest BCUT2D eigenvalue weighted by Crippen LogP contribution is -2.64. The third-order valence-corrected chi connectivity index (χ3v) is 4.54. The van der Waals surface area contributed by atoms with E-state index in [9.17, 15) is 5.11 Å². The molecule has 0 aromatic carbocycles. The molecule has 1 aliphatic heterocycles. The Morgan fingerprint density at radius 2 is 2.00 bits per heavy atom. The van der Waals surface area contributed by atoms with Crippen molar-refractivity contribution in [3.05, 3.63) is 0 Å². The minimum Gasteiger partial charge on any atom is -0.388 e. The van der Waals surface area contributed by atoms with Gasteiger partial charge in [-0.3, -0.25) is 0 Å². The molecule has 0 aromatic rings. The van der Waals surface area contributed by atoms with E-state index >= 15 is 0 Å². The van der Waals surface area contributed by atoms with Crippen molar-refractivity contribution in [1.29, 1.82) is 0 Å². The summed E-state index contributed by atoms with van der Waals surface area (Å²) in [5.74, 6) is 0.724. The van der Waals surface area contributed by atoms with Gasteiger partial charge in [0.25, 0.3) is 0 Å². The van der Waals surface area contributed by atoms with E-state index in [1.807, 2.05) is 0 Å². The lowest BCUT2D eigenvalue weighted by molar-refractivity contribution is -0.105. The maximum absolute atomic E-state index is 10.8. The first-order valence-electron chi connectivity index (χ1n) is 6.65. The molecule has 94 valence electrons. The van der Waals surface area contributed by atoms with E-state index in [1.165, 1.54) is 6.42 Å². The molecule has 16 heavy (non-hydrogen) atoms. The van der Waals surface area contributed by atoms with Gasteiger partial charge in [-0.15, -0.1) is 0 Å². The summed E-state index contributed by atoms with van der Waals surface area (Å²) in [4.78, 5) is 0. The molecule has 0 aromatic heterocycles. The van der Waals surface area contributed by atoms with Gasteiger partial charge < -0.3 is 15.6 Å². The van der Waals surface area contributed by atoms with Crippen LogP contribution < -0.4 is 5.73 Å². The fraction of sp³-hybridized carbons (Fsp3) is 1.00. The van der Waals surface area contributed by atoms with Crippen LogP contribution in [-0.4, -0.2) is 29.5 Å². The van der Waals surface area contributed by atoms with E-state index in [-0.39, 0.29) is 0 Å². The Kier molecular flexibility index (Phi) is 3.57. The van der Waals surface area contributed by atoms with Gasteiger partial charge in [0.05, 0.1) is 17.7 Å². The van der Waals surface area contributed by atoms with Crippen molar-refractivity contribution in [2.24, 2.45) is 11.7 Å². The molecule has 0 radical (unpaired) electrons.